The number of rotatable bonds is 3. The van der Waals surface area contributed by atoms with Gasteiger partial charge in [-0.05, 0) is 37.8 Å². The van der Waals surface area contributed by atoms with Gasteiger partial charge in [0, 0.05) is 12.0 Å². The summed E-state index contributed by atoms with van der Waals surface area (Å²) in [6.45, 7) is 0. The van der Waals surface area contributed by atoms with E-state index in [9.17, 15) is 14.3 Å². The number of nitrogens with zero attached hydrogens (tertiary/aromatic N) is 5. The second-order valence-corrected chi connectivity index (χ2v) is 8.37. The van der Waals surface area contributed by atoms with Crippen molar-refractivity contribution in [2.75, 3.05) is 11.1 Å². The number of carbonyl (C=O) groups excluding carboxylic acids is 1. The van der Waals surface area contributed by atoms with Crippen molar-refractivity contribution in [3.8, 4) is 5.75 Å². The number of thiazole rings is 1. The highest BCUT2D eigenvalue weighted by atomic mass is 32.1. The quantitative estimate of drug-likeness (QED) is 0.428. The van der Waals surface area contributed by atoms with Crippen LogP contribution in [0.1, 0.15) is 31.7 Å². The van der Waals surface area contributed by atoms with Crippen molar-refractivity contribution in [1.82, 2.24) is 24.5 Å². The molecule has 5 rings (SSSR count). The molecule has 0 aliphatic heterocycles. The van der Waals surface area contributed by atoms with E-state index in [1.807, 2.05) is 10.6 Å². The number of carbonyl (C=O) groups is 1. The molecule has 1 aromatic carbocycles. The fourth-order valence-corrected chi connectivity index (χ4v) is 4.88. The summed E-state index contributed by atoms with van der Waals surface area (Å²) >= 11 is 1.33. The third-order valence-electron chi connectivity index (χ3n) is 5.51. The molecule has 0 unspecified atom stereocenters. The first-order chi connectivity index (χ1) is 14.5. The van der Waals surface area contributed by atoms with Gasteiger partial charge in [-0.15, -0.1) is 0 Å². The predicted octanol–water partition coefficient (Wildman–Crippen LogP) is 3.23. The molecule has 1 aliphatic carbocycles. The SMILES string of the molecule is Nc1nc(F)nc2c1ncn2C1CCC(C(=O)Nc2nc3c(O)cccc3s2)CC1. The van der Waals surface area contributed by atoms with Crippen LogP contribution in [0.2, 0.25) is 0 Å². The van der Waals surface area contributed by atoms with Crippen molar-refractivity contribution < 1.29 is 14.3 Å². The Balaban J connectivity index is 1.27. The Morgan fingerprint density at radius 2 is 2.00 bits per heavy atom. The number of para-hydroxylation sites is 1. The number of aromatic nitrogens is 5. The molecule has 1 fully saturated rings. The number of halogens is 1. The number of nitrogen functional groups attached to an aromatic ring is 1. The smallest absolute Gasteiger partial charge is 0.312 e. The normalized spacial score (nSPS) is 19.4. The summed E-state index contributed by atoms with van der Waals surface area (Å²) in [6, 6.07) is 5.22. The van der Waals surface area contributed by atoms with Crippen molar-refractivity contribution in [1.29, 1.82) is 0 Å². The highest BCUT2D eigenvalue weighted by molar-refractivity contribution is 7.22. The van der Waals surface area contributed by atoms with Crippen LogP contribution in [0.4, 0.5) is 15.3 Å². The van der Waals surface area contributed by atoms with E-state index >= 15 is 0 Å². The number of aromatic hydroxyl groups is 1. The fourth-order valence-electron chi connectivity index (χ4n) is 3.99. The van der Waals surface area contributed by atoms with Crippen LogP contribution in [0, 0.1) is 12.0 Å². The molecule has 3 heterocycles. The van der Waals surface area contributed by atoms with E-state index in [0.717, 1.165) is 17.5 Å². The summed E-state index contributed by atoms with van der Waals surface area (Å²) in [7, 11) is 0. The van der Waals surface area contributed by atoms with Crippen molar-refractivity contribution in [2.24, 2.45) is 5.92 Å². The minimum Gasteiger partial charge on any atom is -0.506 e. The average molecular weight is 427 g/mol. The number of benzene rings is 1. The summed E-state index contributed by atoms with van der Waals surface area (Å²) in [5.41, 5.74) is 6.98. The van der Waals surface area contributed by atoms with Crippen molar-refractivity contribution in [3.05, 3.63) is 30.6 Å². The van der Waals surface area contributed by atoms with Gasteiger partial charge in [0.05, 0.1) is 11.0 Å². The Kier molecular flexibility index (Phi) is 4.46. The van der Waals surface area contributed by atoms with Crippen LogP contribution >= 0.6 is 11.3 Å². The van der Waals surface area contributed by atoms with Crippen LogP contribution in [-0.2, 0) is 4.79 Å². The Labute approximate surface area is 173 Å². The Morgan fingerprint density at radius 3 is 2.77 bits per heavy atom. The van der Waals surface area contributed by atoms with E-state index in [0.29, 0.717) is 34.7 Å². The molecule has 1 saturated carbocycles. The predicted molar refractivity (Wildman–Crippen MR) is 111 cm³/mol. The second-order valence-electron chi connectivity index (χ2n) is 7.34. The Morgan fingerprint density at radius 1 is 1.20 bits per heavy atom. The molecular weight excluding hydrogens is 409 g/mol. The highest BCUT2D eigenvalue weighted by Gasteiger charge is 2.29. The number of nitrogens with one attached hydrogen (secondary N) is 1. The second kappa shape index (κ2) is 7.17. The van der Waals surface area contributed by atoms with Gasteiger partial charge >= 0.3 is 6.08 Å². The molecule has 1 aliphatic rings. The topological polar surface area (TPSA) is 132 Å². The minimum atomic E-state index is -0.878. The summed E-state index contributed by atoms with van der Waals surface area (Å²) in [4.78, 5) is 28.6. The van der Waals surface area contributed by atoms with Crippen LogP contribution in [0.3, 0.4) is 0 Å². The first-order valence-corrected chi connectivity index (χ1v) is 10.4. The lowest BCUT2D eigenvalue weighted by Gasteiger charge is -2.28. The molecule has 9 nitrogen and oxygen atoms in total. The van der Waals surface area contributed by atoms with E-state index in [1.54, 1.807) is 18.5 Å². The largest absolute Gasteiger partial charge is 0.506 e. The third kappa shape index (κ3) is 3.20. The van der Waals surface area contributed by atoms with E-state index < -0.39 is 6.08 Å². The van der Waals surface area contributed by atoms with Crippen molar-refractivity contribution in [3.63, 3.8) is 0 Å². The zero-order valence-electron chi connectivity index (χ0n) is 15.7. The highest BCUT2D eigenvalue weighted by Crippen LogP contribution is 2.36. The van der Waals surface area contributed by atoms with Crippen LogP contribution in [0.5, 0.6) is 5.75 Å². The lowest BCUT2D eigenvalue weighted by Crippen LogP contribution is -2.28. The molecule has 0 atom stereocenters. The first kappa shape index (κ1) is 18.7. The molecule has 30 heavy (non-hydrogen) atoms. The molecule has 0 bridgehead atoms. The maximum atomic E-state index is 13.6. The van der Waals surface area contributed by atoms with Crippen LogP contribution < -0.4 is 11.1 Å². The summed E-state index contributed by atoms with van der Waals surface area (Å²) < 4.78 is 16.2. The van der Waals surface area contributed by atoms with Crippen molar-refractivity contribution >= 4 is 49.6 Å². The maximum Gasteiger partial charge on any atom is 0.312 e. The lowest BCUT2D eigenvalue weighted by molar-refractivity contribution is -0.120. The number of nitrogens with two attached hydrogens (primary N) is 1. The molecule has 0 spiro atoms. The van der Waals surface area contributed by atoms with Crippen LogP contribution in [0.15, 0.2) is 24.5 Å². The summed E-state index contributed by atoms with van der Waals surface area (Å²) in [6.07, 6.45) is 3.54. The van der Waals surface area contributed by atoms with E-state index in [4.69, 9.17) is 5.73 Å². The third-order valence-corrected chi connectivity index (χ3v) is 6.45. The zero-order valence-corrected chi connectivity index (χ0v) is 16.6. The molecule has 4 aromatic rings. The number of anilines is 2. The van der Waals surface area contributed by atoms with Gasteiger partial charge in [0.15, 0.2) is 16.6 Å². The minimum absolute atomic E-state index is 0.0196. The Hall–Kier alpha value is -3.34. The van der Waals surface area contributed by atoms with Gasteiger partial charge in [-0.2, -0.15) is 14.4 Å². The molecule has 4 N–H and O–H groups in total. The maximum absolute atomic E-state index is 13.6. The molecule has 154 valence electrons. The van der Waals surface area contributed by atoms with Gasteiger partial charge in [0.2, 0.25) is 5.91 Å². The standard InChI is InChI=1S/C19H18FN7O2S/c20-18-24-15(21)14-16(25-18)27(8-22-14)10-6-4-9(5-7-10)17(29)26-19-23-13-11(28)2-1-3-12(13)30-19/h1-3,8-10,28H,4-7H2,(H2,21,24,25)(H,23,26,29). The lowest BCUT2D eigenvalue weighted by atomic mass is 9.85. The average Bonchev–Trinajstić information content (AvgIpc) is 3.33. The van der Waals surface area contributed by atoms with E-state index in [-0.39, 0.29) is 29.4 Å². The Bertz CT molecular complexity index is 1260. The molecule has 11 heteroatoms. The molecule has 0 saturated heterocycles. The molecular formula is C19H18FN7O2S. The number of phenolic OH excluding ortho intramolecular Hbond substituents is 1. The molecule has 0 radical (unpaired) electrons. The van der Waals surface area contributed by atoms with E-state index in [1.165, 1.54) is 11.3 Å². The van der Waals surface area contributed by atoms with E-state index in [2.05, 4.69) is 25.3 Å². The summed E-state index contributed by atoms with van der Waals surface area (Å²) in [5, 5.41) is 13.2. The number of fused-ring (bicyclic) bond motifs is 2. The van der Waals surface area contributed by atoms with Crippen LogP contribution in [-0.4, -0.2) is 35.5 Å². The van der Waals surface area contributed by atoms with Gasteiger partial charge < -0.3 is 20.7 Å². The first-order valence-electron chi connectivity index (χ1n) is 9.54. The summed E-state index contributed by atoms with van der Waals surface area (Å²) in [5.74, 6) is -0.113. The number of hydrogen-bond acceptors (Lipinski definition) is 8. The fraction of sp³-hybridized carbons (Fsp3) is 0.316. The number of phenols is 1. The van der Waals surface area contributed by atoms with Crippen molar-refractivity contribution in [2.45, 2.75) is 31.7 Å². The van der Waals surface area contributed by atoms with Gasteiger partial charge in [-0.3, -0.25) is 4.79 Å². The zero-order chi connectivity index (χ0) is 20.8. The monoisotopic (exact) mass is 427 g/mol. The number of imidazole rings is 1. The number of amides is 1. The molecule has 1 amide bonds. The van der Waals surface area contributed by atoms with Crippen LogP contribution in [0.25, 0.3) is 21.4 Å². The van der Waals surface area contributed by atoms with Gasteiger partial charge in [-0.1, -0.05) is 17.4 Å². The van der Waals surface area contributed by atoms with Gasteiger partial charge in [-0.25, -0.2) is 9.97 Å². The van der Waals surface area contributed by atoms with Gasteiger partial charge in [0.25, 0.3) is 0 Å². The van der Waals surface area contributed by atoms with Gasteiger partial charge in [0.1, 0.15) is 16.8 Å². The number of hydrogen-bond donors (Lipinski definition) is 3. The molecule has 3 aromatic heterocycles.